The van der Waals surface area contributed by atoms with E-state index >= 15 is 0 Å². The molecular formula is C18H27BrN2O4. The lowest BCUT2D eigenvalue weighted by Gasteiger charge is -2.30. The fourth-order valence-corrected chi connectivity index (χ4v) is 3.16. The van der Waals surface area contributed by atoms with Crippen LogP contribution < -0.4 is 4.90 Å². The number of ether oxygens (including phenoxy) is 2. The second-order valence-electron chi connectivity index (χ2n) is 7.27. The number of aliphatic hydroxyl groups excluding tert-OH is 1. The first kappa shape index (κ1) is 20.1. The highest BCUT2D eigenvalue weighted by Crippen LogP contribution is 2.26. The summed E-state index contributed by atoms with van der Waals surface area (Å²) >= 11 is 3.35. The quantitative estimate of drug-likeness (QED) is 0.790. The molecule has 0 aromatic carbocycles. The zero-order valence-electron chi connectivity index (χ0n) is 15.1. The van der Waals surface area contributed by atoms with Crippen LogP contribution >= 0.6 is 15.9 Å². The molecule has 0 bridgehead atoms. The highest BCUT2D eigenvalue weighted by atomic mass is 79.9. The Labute approximate surface area is 157 Å². The molecule has 1 saturated heterocycles. The average molecular weight is 415 g/mol. The van der Waals surface area contributed by atoms with E-state index in [1.165, 1.54) is 0 Å². The van der Waals surface area contributed by atoms with Gasteiger partial charge in [-0.1, -0.05) is 0 Å². The number of amides is 1. The molecule has 6 nitrogen and oxygen atoms in total. The molecule has 2 rings (SSSR count). The van der Waals surface area contributed by atoms with E-state index in [2.05, 4.69) is 20.9 Å². The first-order valence-corrected chi connectivity index (χ1v) is 9.43. The molecule has 0 aliphatic carbocycles. The predicted molar refractivity (Wildman–Crippen MR) is 99.6 cm³/mol. The Kier molecular flexibility index (Phi) is 7.22. The Hall–Kier alpha value is -1.18. The Bertz CT molecular complexity index is 583. The Balaban J connectivity index is 2.20. The van der Waals surface area contributed by atoms with Gasteiger partial charge in [0, 0.05) is 36.0 Å². The molecule has 0 atom stereocenters. The van der Waals surface area contributed by atoms with Gasteiger partial charge in [0.05, 0.1) is 6.61 Å². The minimum atomic E-state index is -0.594. The van der Waals surface area contributed by atoms with Crippen molar-refractivity contribution in [3.63, 3.8) is 0 Å². The van der Waals surface area contributed by atoms with E-state index in [1.807, 2.05) is 20.8 Å². The third-order valence-electron chi connectivity index (χ3n) is 4.05. The number of pyridine rings is 1. The molecule has 0 unspecified atom stereocenters. The van der Waals surface area contributed by atoms with Crippen molar-refractivity contribution >= 4 is 27.8 Å². The summed E-state index contributed by atoms with van der Waals surface area (Å²) in [5, 5.41) is 9.67. The van der Waals surface area contributed by atoms with E-state index in [1.54, 1.807) is 17.2 Å². The molecule has 1 amide bonds. The van der Waals surface area contributed by atoms with Crippen molar-refractivity contribution in [3.8, 4) is 0 Å². The van der Waals surface area contributed by atoms with Crippen LogP contribution in [-0.4, -0.2) is 41.5 Å². The molecule has 1 fully saturated rings. The van der Waals surface area contributed by atoms with Gasteiger partial charge in [0.2, 0.25) is 0 Å². The molecule has 1 aromatic heterocycles. The second-order valence-corrected chi connectivity index (χ2v) is 8.19. The number of anilines is 1. The van der Waals surface area contributed by atoms with Gasteiger partial charge >= 0.3 is 6.09 Å². The summed E-state index contributed by atoms with van der Waals surface area (Å²) in [4.78, 5) is 18.6. The van der Waals surface area contributed by atoms with Gasteiger partial charge in [-0.3, -0.25) is 4.90 Å². The van der Waals surface area contributed by atoms with Gasteiger partial charge in [0.25, 0.3) is 0 Å². The fraction of sp³-hybridized carbons (Fsp3) is 0.667. The predicted octanol–water partition coefficient (Wildman–Crippen LogP) is 3.89. The number of aliphatic hydroxyl groups is 1. The van der Waals surface area contributed by atoms with Crippen LogP contribution in [0.4, 0.5) is 10.6 Å². The van der Waals surface area contributed by atoms with Crippen molar-refractivity contribution in [3.05, 3.63) is 22.3 Å². The molecule has 1 N–H and O–H groups in total. The maximum Gasteiger partial charge on any atom is 0.416 e. The number of aromatic nitrogens is 1. The topological polar surface area (TPSA) is 71.9 Å². The highest BCUT2D eigenvalue weighted by Gasteiger charge is 2.27. The molecule has 1 aliphatic heterocycles. The average Bonchev–Trinajstić information content (AvgIpc) is 2.55. The number of rotatable bonds is 5. The lowest BCUT2D eigenvalue weighted by atomic mass is 9.96. The van der Waals surface area contributed by atoms with E-state index in [-0.39, 0.29) is 6.61 Å². The molecule has 1 aromatic rings. The molecule has 0 spiro atoms. The van der Waals surface area contributed by atoms with Gasteiger partial charge in [-0.25, -0.2) is 9.78 Å². The summed E-state index contributed by atoms with van der Waals surface area (Å²) in [5.41, 5.74) is -0.00448. The first-order valence-electron chi connectivity index (χ1n) is 8.63. The Morgan fingerprint density at radius 2 is 2.12 bits per heavy atom. The lowest BCUT2D eigenvalue weighted by Crippen LogP contribution is -2.39. The molecule has 0 saturated carbocycles. The van der Waals surface area contributed by atoms with Gasteiger partial charge < -0.3 is 14.6 Å². The summed E-state index contributed by atoms with van der Waals surface area (Å²) in [6.07, 6.45) is 4.04. The maximum absolute atomic E-state index is 12.7. The van der Waals surface area contributed by atoms with Crippen molar-refractivity contribution in [1.29, 1.82) is 0 Å². The molecule has 2 heterocycles. The normalized spacial score (nSPS) is 15.9. The summed E-state index contributed by atoms with van der Waals surface area (Å²) in [6.45, 7) is 7.36. The molecule has 25 heavy (non-hydrogen) atoms. The smallest absolute Gasteiger partial charge is 0.416 e. The summed E-state index contributed by atoms with van der Waals surface area (Å²) in [5.74, 6) is 0.971. The SMILES string of the molecule is CC(C)(C)OC(=O)N(CCC1CCOCC1)c1ncc(Br)cc1CO. The molecular weight excluding hydrogens is 388 g/mol. The monoisotopic (exact) mass is 414 g/mol. The summed E-state index contributed by atoms with van der Waals surface area (Å²) in [7, 11) is 0. The maximum atomic E-state index is 12.7. The molecule has 7 heteroatoms. The van der Waals surface area contributed by atoms with Crippen molar-refractivity contribution in [1.82, 2.24) is 4.98 Å². The Morgan fingerprint density at radius 3 is 2.72 bits per heavy atom. The number of nitrogens with zero attached hydrogens (tertiary/aromatic N) is 2. The van der Waals surface area contributed by atoms with Crippen LogP contribution in [0.2, 0.25) is 0 Å². The van der Waals surface area contributed by atoms with Gasteiger partial charge in [0.15, 0.2) is 0 Å². The summed E-state index contributed by atoms with van der Waals surface area (Å²) in [6, 6.07) is 1.77. The van der Waals surface area contributed by atoms with E-state index < -0.39 is 11.7 Å². The minimum absolute atomic E-state index is 0.196. The molecule has 1 aliphatic rings. The minimum Gasteiger partial charge on any atom is -0.443 e. The zero-order valence-corrected chi connectivity index (χ0v) is 16.7. The van der Waals surface area contributed by atoms with Crippen molar-refractivity contribution in [2.45, 2.75) is 52.2 Å². The van der Waals surface area contributed by atoms with Gasteiger partial charge in [-0.05, 0) is 67.9 Å². The largest absolute Gasteiger partial charge is 0.443 e. The molecule has 140 valence electrons. The second kappa shape index (κ2) is 8.96. The standard InChI is InChI=1S/C18H27BrN2O4/c1-18(2,3)25-17(23)21(7-4-13-5-8-24-9-6-13)16-14(12-22)10-15(19)11-20-16/h10-11,13,22H,4-9,12H2,1-3H3. The van der Waals surface area contributed by atoms with E-state index in [4.69, 9.17) is 9.47 Å². The zero-order chi connectivity index (χ0) is 18.4. The van der Waals surface area contributed by atoms with Crippen LogP contribution in [0.25, 0.3) is 0 Å². The first-order chi connectivity index (χ1) is 11.8. The van der Waals surface area contributed by atoms with Gasteiger partial charge in [-0.15, -0.1) is 0 Å². The van der Waals surface area contributed by atoms with E-state index in [0.29, 0.717) is 23.8 Å². The van der Waals surface area contributed by atoms with E-state index in [9.17, 15) is 9.90 Å². The third kappa shape index (κ3) is 6.24. The number of carbonyl (C=O) groups is 1. The van der Waals surface area contributed by atoms with Crippen LogP contribution in [-0.2, 0) is 16.1 Å². The summed E-state index contributed by atoms with van der Waals surface area (Å²) < 4.78 is 11.7. The van der Waals surface area contributed by atoms with Crippen molar-refractivity contribution < 1.29 is 19.4 Å². The third-order valence-corrected chi connectivity index (χ3v) is 4.48. The number of carbonyl (C=O) groups excluding carboxylic acids is 1. The van der Waals surface area contributed by atoms with Crippen LogP contribution in [0.15, 0.2) is 16.7 Å². The molecule has 0 radical (unpaired) electrons. The van der Waals surface area contributed by atoms with E-state index in [0.717, 1.165) is 36.9 Å². The van der Waals surface area contributed by atoms with Crippen LogP contribution in [0.5, 0.6) is 0 Å². The Morgan fingerprint density at radius 1 is 1.44 bits per heavy atom. The number of hydrogen-bond donors (Lipinski definition) is 1. The van der Waals surface area contributed by atoms with Crippen LogP contribution in [0.1, 0.15) is 45.6 Å². The van der Waals surface area contributed by atoms with Crippen molar-refractivity contribution in [2.24, 2.45) is 5.92 Å². The van der Waals surface area contributed by atoms with Crippen LogP contribution in [0.3, 0.4) is 0 Å². The number of hydrogen-bond acceptors (Lipinski definition) is 5. The lowest BCUT2D eigenvalue weighted by molar-refractivity contribution is 0.0551. The van der Waals surface area contributed by atoms with Crippen molar-refractivity contribution in [2.75, 3.05) is 24.7 Å². The highest BCUT2D eigenvalue weighted by molar-refractivity contribution is 9.10. The fourth-order valence-electron chi connectivity index (χ4n) is 2.78. The number of halogens is 1. The van der Waals surface area contributed by atoms with Gasteiger partial charge in [0.1, 0.15) is 11.4 Å². The van der Waals surface area contributed by atoms with Gasteiger partial charge in [-0.2, -0.15) is 0 Å². The van der Waals surface area contributed by atoms with Crippen LogP contribution in [0, 0.1) is 5.92 Å².